The number of carbonyl (C=O) groups is 2. The lowest BCUT2D eigenvalue weighted by Crippen LogP contribution is -2.19. The van der Waals surface area contributed by atoms with Crippen molar-refractivity contribution in [3.8, 4) is 0 Å². The smallest absolute Gasteiger partial charge is 0.339 e. The minimum atomic E-state index is -1.05. The van der Waals surface area contributed by atoms with E-state index in [9.17, 15) is 9.59 Å². The van der Waals surface area contributed by atoms with Gasteiger partial charge in [0.1, 0.15) is 28.6 Å². The fourth-order valence-electron chi connectivity index (χ4n) is 1.78. The second kappa shape index (κ2) is 6.13. The number of nitrogens with one attached hydrogen (secondary N) is 1. The lowest BCUT2D eigenvalue weighted by atomic mass is 10.2. The lowest BCUT2D eigenvalue weighted by molar-refractivity contribution is -0.116. The maximum Gasteiger partial charge on any atom is 0.339 e. The Labute approximate surface area is 121 Å². The number of carboxylic acid groups (broad SMARTS) is 1. The molecular formula is C15H15NO5. The molecule has 2 N–H and O–H groups in total. The minimum absolute atomic E-state index is 0.0980. The van der Waals surface area contributed by atoms with Crippen LogP contribution >= 0.6 is 0 Å². The summed E-state index contributed by atoms with van der Waals surface area (Å²) >= 11 is 0. The SMILES string of the molecule is Cc1ccc(/C=C/C(=O)NCc2cc(C(=O)O)c(C)o2)o1. The number of carbonyl (C=O) groups excluding carboxylic acids is 1. The first-order valence-corrected chi connectivity index (χ1v) is 6.30. The molecule has 2 aromatic rings. The number of rotatable bonds is 5. The molecule has 0 aliphatic carbocycles. The Kier molecular flexibility index (Phi) is 4.27. The van der Waals surface area contributed by atoms with Gasteiger partial charge in [-0.15, -0.1) is 0 Å². The van der Waals surface area contributed by atoms with Crippen LogP contribution < -0.4 is 5.32 Å². The molecule has 0 bridgehead atoms. The number of carboxylic acids is 1. The number of hydrogen-bond donors (Lipinski definition) is 2. The van der Waals surface area contributed by atoms with Crippen molar-refractivity contribution < 1.29 is 23.5 Å². The molecule has 0 aliphatic rings. The Bertz CT molecular complexity index is 693. The zero-order chi connectivity index (χ0) is 15.4. The highest BCUT2D eigenvalue weighted by molar-refractivity contribution is 5.91. The van der Waals surface area contributed by atoms with Crippen molar-refractivity contribution in [2.75, 3.05) is 0 Å². The molecule has 21 heavy (non-hydrogen) atoms. The first-order valence-electron chi connectivity index (χ1n) is 6.30. The van der Waals surface area contributed by atoms with Gasteiger partial charge in [0.05, 0.1) is 6.54 Å². The number of furan rings is 2. The maximum absolute atomic E-state index is 11.6. The quantitative estimate of drug-likeness (QED) is 0.825. The molecule has 0 fully saturated rings. The van der Waals surface area contributed by atoms with E-state index in [0.717, 1.165) is 5.76 Å². The van der Waals surface area contributed by atoms with Crippen LogP contribution in [0.3, 0.4) is 0 Å². The van der Waals surface area contributed by atoms with Crippen LogP contribution in [0.25, 0.3) is 6.08 Å². The molecule has 6 nitrogen and oxygen atoms in total. The van der Waals surface area contributed by atoms with Crippen LogP contribution in [0, 0.1) is 13.8 Å². The van der Waals surface area contributed by atoms with Gasteiger partial charge in [-0.3, -0.25) is 4.79 Å². The van der Waals surface area contributed by atoms with E-state index < -0.39 is 5.97 Å². The largest absolute Gasteiger partial charge is 0.478 e. The second-order valence-electron chi connectivity index (χ2n) is 4.49. The molecule has 1 amide bonds. The Morgan fingerprint density at radius 1 is 1.29 bits per heavy atom. The van der Waals surface area contributed by atoms with Gasteiger partial charge in [0.2, 0.25) is 5.91 Å². The van der Waals surface area contributed by atoms with Crippen LogP contribution in [0.4, 0.5) is 0 Å². The molecule has 2 heterocycles. The number of aryl methyl sites for hydroxylation is 2. The van der Waals surface area contributed by atoms with Crippen molar-refractivity contribution in [1.82, 2.24) is 5.32 Å². The van der Waals surface area contributed by atoms with Gasteiger partial charge in [-0.05, 0) is 38.1 Å². The van der Waals surface area contributed by atoms with Crippen LogP contribution in [0.15, 0.2) is 33.1 Å². The molecule has 0 aromatic carbocycles. The Balaban J connectivity index is 1.90. The summed E-state index contributed by atoms with van der Waals surface area (Å²) in [5.74, 6) is 0.678. The molecule has 2 aromatic heterocycles. The molecular weight excluding hydrogens is 274 g/mol. The van der Waals surface area contributed by atoms with E-state index in [-0.39, 0.29) is 18.0 Å². The molecule has 2 rings (SSSR count). The standard InChI is InChI=1S/C15H15NO5/c1-9-3-4-11(20-9)5-6-14(17)16-8-12-7-13(15(18)19)10(2)21-12/h3-7H,8H2,1-2H3,(H,16,17)(H,18,19)/b6-5+. The topological polar surface area (TPSA) is 92.7 Å². The molecule has 0 saturated carbocycles. The number of aromatic carboxylic acids is 1. The molecule has 0 unspecified atom stereocenters. The zero-order valence-corrected chi connectivity index (χ0v) is 11.7. The summed E-state index contributed by atoms with van der Waals surface area (Å²) < 4.78 is 10.5. The van der Waals surface area contributed by atoms with E-state index in [1.54, 1.807) is 25.1 Å². The van der Waals surface area contributed by atoms with Crippen molar-refractivity contribution >= 4 is 18.0 Å². The van der Waals surface area contributed by atoms with Gasteiger partial charge >= 0.3 is 5.97 Å². The summed E-state index contributed by atoms with van der Waals surface area (Å²) in [7, 11) is 0. The predicted octanol–water partition coefficient (Wildman–Crippen LogP) is 2.52. The van der Waals surface area contributed by atoms with E-state index in [1.165, 1.54) is 12.1 Å². The highest BCUT2D eigenvalue weighted by atomic mass is 16.4. The fraction of sp³-hybridized carbons (Fsp3) is 0.200. The number of hydrogen-bond acceptors (Lipinski definition) is 4. The fourth-order valence-corrected chi connectivity index (χ4v) is 1.78. The molecule has 6 heteroatoms. The lowest BCUT2D eigenvalue weighted by Gasteiger charge is -1.98. The Morgan fingerprint density at radius 3 is 2.62 bits per heavy atom. The molecule has 110 valence electrons. The van der Waals surface area contributed by atoms with Gasteiger partial charge in [-0.25, -0.2) is 4.79 Å². The Hall–Kier alpha value is -2.76. The average molecular weight is 289 g/mol. The van der Waals surface area contributed by atoms with Gasteiger partial charge < -0.3 is 19.3 Å². The highest BCUT2D eigenvalue weighted by Gasteiger charge is 2.13. The minimum Gasteiger partial charge on any atom is -0.478 e. The third-order valence-corrected chi connectivity index (χ3v) is 2.80. The molecule has 0 saturated heterocycles. The summed E-state index contributed by atoms with van der Waals surface area (Å²) in [5, 5.41) is 11.5. The van der Waals surface area contributed by atoms with Crippen LogP contribution in [0.2, 0.25) is 0 Å². The summed E-state index contributed by atoms with van der Waals surface area (Å²) in [6.45, 7) is 3.50. The average Bonchev–Trinajstić information content (AvgIpc) is 3.00. The van der Waals surface area contributed by atoms with Crippen molar-refractivity contribution in [2.45, 2.75) is 20.4 Å². The first kappa shape index (κ1) is 14.6. The summed E-state index contributed by atoms with van der Waals surface area (Å²) in [6, 6.07) is 4.96. The van der Waals surface area contributed by atoms with Gasteiger partial charge in [0.25, 0.3) is 0 Å². The summed E-state index contributed by atoms with van der Waals surface area (Å²) in [5.41, 5.74) is 0.0980. The molecule has 0 atom stereocenters. The summed E-state index contributed by atoms with van der Waals surface area (Å²) in [6.07, 6.45) is 2.89. The van der Waals surface area contributed by atoms with Crippen LogP contribution in [0.1, 0.15) is 33.4 Å². The van der Waals surface area contributed by atoms with Crippen molar-refractivity contribution in [3.63, 3.8) is 0 Å². The van der Waals surface area contributed by atoms with Crippen molar-refractivity contribution in [1.29, 1.82) is 0 Å². The van der Waals surface area contributed by atoms with Gasteiger partial charge in [-0.2, -0.15) is 0 Å². The monoisotopic (exact) mass is 289 g/mol. The predicted molar refractivity (Wildman–Crippen MR) is 74.7 cm³/mol. The van der Waals surface area contributed by atoms with E-state index in [1.807, 2.05) is 6.92 Å². The molecule has 0 aliphatic heterocycles. The van der Waals surface area contributed by atoms with Crippen LogP contribution in [0.5, 0.6) is 0 Å². The maximum atomic E-state index is 11.6. The highest BCUT2D eigenvalue weighted by Crippen LogP contribution is 2.14. The van der Waals surface area contributed by atoms with Crippen molar-refractivity contribution in [2.24, 2.45) is 0 Å². The van der Waals surface area contributed by atoms with E-state index in [0.29, 0.717) is 17.3 Å². The first-order chi connectivity index (χ1) is 9.95. The zero-order valence-electron chi connectivity index (χ0n) is 11.7. The van der Waals surface area contributed by atoms with E-state index in [4.69, 9.17) is 13.9 Å². The van der Waals surface area contributed by atoms with E-state index in [2.05, 4.69) is 5.32 Å². The van der Waals surface area contributed by atoms with Crippen LogP contribution in [-0.4, -0.2) is 17.0 Å². The summed E-state index contributed by atoms with van der Waals surface area (Å²) in [4.78, 5) is 22.5. The Morgan fingerprint density at radius 2 is 2.05 bits per heavy atom. The normalized spacial score (nSPS) is 11.0. The third-order valence-electron chi connectivity index (χ3n) is 2.80. The molecule has 0 spiro atoms. The van der Waals surface area contributed by atoms with Gasteiger partial charge in [0, 0.05) is 6.08 Å². The molecule has 0 radical (unpaired) electrons. The third kappa shape index (κ3) is 3.85. The van der Waals surface area contributed by atoms with E-state index >= 15 is 0 Å². The van der Waals surface area contributed by atoms with Crippen LogP contribution in [-0.2, 0) is 11.3 Å². The second-order valence-corrected chi connectivity index (χ2v) is 4.49. The number of amides is 1. The van der Waals surface area contributed by atoms with Crippen molar-refractivity contribution in [3.05, 3.63) is 52.9 Å². The van der Waals surface area contributed by atoms with Gasteiger partial charge in [-0.1, -0.05) is 0 Å². The van der Waals surface area contributed by atoms with Gasteiger partial charge in [0.15, 0.2) is 0 Å².